The van der Waals surface area contributed by atoms with Crippen LogP contribution < -0.4 is 15.0 Å². The quantitative estimate of drug-likeness (QED) is 0.600. The molecule has 0 aliphatic carbocycles. The molecule has 1 unspecified atom stereocenters. The third-order valence-corrected chi connectivity index (χ3v) is 6.97. The van der Waals surface area contributed by atoms with Gasteiger partial charge < -0.3 is 19.7 Å². The summed E-state index contributed by atoms with van der Waals surface area (Å²) in [6.07, 6.45) is 2.61. The van der Waals surface area contributed by atoms with Crippen molar-refractivity contribution in [3.8, 4) is 16.9 Å². The SMILES string of the molecule is COc1ccc(Cl)cc1-c1ccc2c(c1COC(=O)C1CC=CS1)N(C)C(=O)C(C)(C)N2. The van der Waals surface area contributed by atoms with Crippen LogP contribution in [0.1, 0.15) is 25.8 Å². The van der Waals surface area contributed by atoms with E-state index >= 15 is 0 Å². The number of fused-ring (bicyclic) bond motifs is 1. The number of methoxy groups -OCH3 is 1. The second-order valence-electron chi connectivity index (χ2n) is 8.29. The monoisotopic (exact) mass is 472 g/mol. The maximum atomic E-state index is 13.0. The van der Waals surface area contributed by atoms with Gasteiger partial charge in [-0.1, -0.05) is 23.7 Å². The molecule has 2 aromatic rings. The summed E-state index contributed by atoms with van der Waals surface area (Å²) in [7, 11) is 3.33. The minimum atomic E-state index is -0.753. The third-order valence-electron chi connectivity index (χ3n) is 5.67. The summed E-state index contributed by atoms with van der Waals surface area (Å²) in [5.41, 5.74) is 2.98. The van der Waals surface area contributed by atoms with E-state index < -0.39 is 5.54 Å². The van der Waals surface area contributed by atoms with E-state index in [-0.39, 0.29) is 23.7 Å². The fourth-order valence-electron chi connectivity index (χ4n) is 4.09. The van der Waals surface area contributed by atoms with E-state index in [1.165, 1.54) is 11.8 Å². The maximum Gasteiger partial charge on any atom is 0.320 e. The molecule has 2 aromatic carbocycles. The number of benzene rings is 2. The van der Waals surface area contributed by atoms with Crippen molar-refractivity contribution in [3.05, 3.63) is 52.4 Å². The standard InChI is InChI=1S/C24H25ClN2O4S/c1-24(2)23(29)27(3)21-17(13-31-22(28)20-6-5-11-32-20)15(8-9-18(21)26-24)16-12-14(25)7-10-19(16)30-4/h5,7-12,20,26H,6,13H2,1-4H3. The molecule has 0 radical (unpaired) electrons. The topological polar surface area (TPSA) is 67.9 Å². The van der Waals surface area contributed by atoms with Crippen LogP contribution in [0.2, 0.25) is 5.02 Å². The lowest BCUT2D eigenvalue weighted by Crippen LogP contribution is -2.52. The van der Waals surface area contributed by atoms with Gasteiger partial charge in [0.2, 0.25) is 0 Å². The predicted molar refractivity (Wildman–Crippen MR) is 129 cm³/mol. The number of allylic oxidation sites excluding steroid dienone is 1. The predicted octanol–water partition coefficient (Wildman–Crippen LogP) is 5.24. The minimum Gasteiger partial charge on any atom is -0.496 e. The van der Waals surface area contributed by atoms with Crippen molar-refractivity contribution in [2.45, 2.75) is 37.7 Å². The molecule has 1 N–H and O–H groups in total. The molecule has 0 spiro atoms. The Balaban J connectivity index is 1.83. The Morgan fingerprint density at radius 3 is 2.75 bits per heavy atom. The zero-order valence-corrected chi connectivity index (χ0v) is 20.0. The summed E-state index contributed by atoms with van der Waals surface area (Å²) in [5, 5.41) is 5.54. The molecular weight excluding hydrogens is 448 g/mol. The van der Waals surface area contributed by atoms with Crippen molar-refractivity contribution in [2.75, 3.05) is 24.4 Å². The Hall–Kier alpha value is -2.64. The highest BCUT2D eigenvalue weighted by atomic mass is 35.5. The Labute approximate surface area is 196 Å². The van der Waals surface area contributed by atoms with Gasteiger partial charge in [-0.05, 0) is 55.5 Å². The van der Waals surface area contributed by atoms with Crippen LogP contribution in [0, 0.1) is 0 Å². The number of anilines is 2. The average Bonchev–Trinajstić information content (AvgIpc) is 3.30. The Kier molecular flexibility index (Phi) is 6.14. The summed E-state index contributed by atoms with van der Waals surface area (Å²) >= 11 is 7.75. The number of carbonyl (C=O) groups is 2. The van der Waals surface area contributed by atoms with E-state index in [2.05, 4.69) is 5.32 Å². The molecule has 0 fully saturated rings. The zero-order chi connectivity index (χ0) is 23.0. The van der Waals surface area contributed by atoms with Gasteiger partial charge in [-0.3, -0.25) is 9.59 Å². The largest absolute Gasteiger partial charge is 0.496 e. The number of likely N-dealkylation sites (N-methyl/N-ethyl adjacent to an activating group) is 1. The molecule has 1 amide bonds. The van der Waals surface area contributed by atoms with Gasteiger partial charge in [0, 0.05) is 23.2 Å². The molecule has 2 aliphatic rings. The first-order valence-electron chi connectivity index (χ1n) is 10.3. The lowest BCUT2D eigenvalue weighted by atomic mass is 9.92. The van der Waals surface area contributed by atoms with Crippen LogP contribution in [0.25, 0.3) is 11.1 Å². The number of amides is 1. The smallest absolute Gasteiger partial charge is 0.320 e. The molecule has 2 aliphatic heterocycles. The molecule has 32 heavy (non-hydrogen) atoms. The number of hydrogen-bond acceptors (Lipinski definition) is 6. The fourth-order valence-corrected chi connectivity index (χ4v) is 5.08. The van der Waals surface area contributed by atoms with E-state index in [4.69, 9.17) is 21.1 Å². The molecule has 0 saturated heterocycles. The number of esters is 1. The van der Waals surface area contributed by atoms with Crippen LogP contribution in [-0.2, 0) is 20.9 Å². The third kappa shape index (κ3) is 4.07. The maximum absolute atomic E-state index is 13.0. The van der Waals surface area contributed by atoms with Crippen LogP contribution in [0.15, 0.2) is 41.8 Å². The van der Waals surface area contributed by atoms with Crippen molar-refractivity contribution >= 4 is 46.6 Å². The molecule has 6 nitrogen and oxygen atoms in total. The molecule has 4 rings (SSSR count). The highest BCUT2D eigenvalue weighted by molar-refractivity contribution is 8.03. The lowest BCUT2D eigenvalue weighted by Gasteiger charge is -2.39. The Morgan fingerprint density at radius 1 is 1.28 bits per heavy atom. The number of carbonyl (C=O) groups excluding carboxylic acids is 2. The highest BCUT2D eigenvalue weighted by Crippen LogP contribution is 2.44. The summed E-state index contributed by atoms with van der Waals surface area (Å²) in [6.45, 7) is 3.70. The van der Waals surface area contributed by atoms with E-state index in [1.54, 1.807) is 31.2 Å². The number of nitrogens with zero attached hydrogens (tertiary/aromatic N) is 1. The zero-order valence-electron chi connectivity index (χ0n) is 18.4. The molecule has 1 atom stereocenters. The summed E-state index contributed by atoms with van der Waals surface area (Å²) in [4.78, 5) is 27.3. The van der Waals surface area contributed by atoms with Crippen LogP contribution in [0.5, 0.6) is 5.75 Å². The van der Waals surface area contributed by atoms with Gasteiger partial charge in [0.15, 0.2) is 0 Å². The molecule has 2 heterocycles. The first-order valence-corrected chi connectivity index (χ1v) is 11.6. The molecule has 168 valence electrons. The van der Waals surface area contributed by atoms with Gasteiger partial charge in [0.05, 0.1) is 18.5 Å². The highest BCUT2D eigenvalue weighted by Gasteiger charge is 2.39. The van der Waals surface area contributed by atoms with E-state index in [0.29, 0.717) is 28.4 Å². The number of hydrogen-bond donors (Lipinski definition) is 1. The van der Waals surface area contributed by atoms with Gasteiger partial charge in [-0.2, -0.15) is 0 Å². The number of halogens is 1. The van der Waals surface area contributed by atoms with Crippen LogP contribution >= 0.6 is 23.4 Å². The summed E-state index contributed by atoms with van der Waals surface area (Å²) in [6, 6.07) is 9.23. The van der Waals surface area contributed by atoms with Gasteiger partial charge in [-0.15, -0.1) is 11.8 Å². The van der Waals surface area contributed by atoms with Crippen LogP contribution in [-0.4, -0.2) is 36.8 Å². The van der Waals surface area contributed by atoms with Gasteiger partial charge in [-0.25, -0.2) is 0 Å². The van der Waals surface area contributed by atoms with Gasteiger partial charge in [0.1, 0.15) is 23.1 Å². The number of nitrogens with one attached hydrogen (secondary N) is 1. The molecule has 8 heteroatoms. The summed E-state index contributed by atoms with van der Waals surface area (Å²) in [5.74, 6) is 0.276. The summed E-state index contributed by atoms with van der Waals surface area (Å²) < 4.78 is 11.3. The number of rotatable bonds is 5. The van der Waals surface area contributed by atoms with Crippen LogP contribution in [0.3, 0.4) is 0 Å². The fraction of sp³-hybridized carbons (Fsp3) is 0.333. The van der Waals surface area contributed by atoms with Crippen molar-refractivity contribution in [1.82, 2.24) is 0 Å². The normalized spacial score (nSPS) is 18.8. The molecule has 0 bridgehead atoms. The Bertz CT molecular complexity index is 1110. The van der Waals surface area contributed by atoms with Crippen LogP contribution in [0.4, 0.5) is 11.4 Å². The second kappa shape index (κ2) is 8.71. The second-order valence-corrected chi connectivity index (χ2v) is 9.84. The molecule has 0 saturated carbocycles. The van der Waals surface area contributed by atoms with Crippen molar-refractivity contribution in [2.24, 2.45) is 0 Å². The molecular formula is C24H25ClN2O4S. The van der Waals surface area contributed by atoms with Crippen molar-refractivity contribution < 1.29 is 19.1 Å². The minimum absolute atomic E-state index is 0.0177. The lowest BCUT2D eigenvalue weighted by molar-refractivity contribution is -0.144. The average molecular weight is 473 g/mol. The first-order chi connectivity index (χ1) is 15.2. The number of thioether (sulfide) groups is 1. The van der Waals surface area contributed by atoms with Crippen molar-refractivity contribution in [1.29, 1.82) is 0 Å². The van der Waals surface area contributed by atoms with E-state index in [0.717, 1.165) is 16.8 Å². The Morgan fingerprint density at radius 2 is 2.06 bits per heavy atom. The van der Waals surface area contributed by atoms with Crippen molar-refractivity contribution in [3.63, 3.8) is 0 Å². The van der Waals surface area contributed by atoms with E-state index in [1.807, 2.05) is 43.5 Å². The molecule has 0 aromatic heterocycles. The first kappa shape index (κ1) is 22.6. The van der Waals surface area contributed by atoms with Gasteiger partial charge >= 0.3 is 5.97 Å². The number of ether oxygens (including phenoxy) is 2. The van der Waals surface area contributed by atoms with Gasteiger partial charge in [0.25, 0.3) is 5.91 Å². The van der Waals surface area contributed by atoms with E-state index in [9.17, 15) is 9.59 Å².